The lowest BCUT2D eigenvalue weighted by molar-refractivity contribution is -0.121. The molecule has 0 saturated carbocycles. The molecule has 180 valence electrons. The Hall–Kier alpha value is -3.90. The molecule has 1 amide bonds. The van der Waals surface area contributed by atoms with Crippen molar-refractivity contribution in [2.75, 3.05) is 19.0 Å². The normalized spacial score (nSPS) is 15.1. The Morgan fingerprint density at radius 3 is 2.49 bits per heavy atom. The molecule has 6 heteroatoms. The zero-order valence-electron chi connectivity index (χ0n) is 20.3. The topological polar surface area (TPSA) is 76.7 Å². The minimum absolute atomic E-state index is 0.0496. The van der Waals surface area contributed by atoms with E-state index in [0.717, 1.165) is 29.0 Å². The summed E-state index contributed by atoms with van der Waals surface area (Å²) >= 11 is 0. The first kappa shape index (κ1) is 24.2. The Balaban J connectivity index is 1.40. The second kappa shape index (κ2) is 10.6. The van der Waals surface area contributed by atoms with Crippen LogP contribution in [-0.4, -0.2) is 30.9 Å². The Morgan fingerprint density at radius 1 is 1.03 bits per heavy atom. The number of allylic oxidation sites excluding steroid dienone is 1. The fourth-order valence-corrected chi connectivity index (χ4v) is 4.12. The number of fused-ring (bicyclic) bond motifs is 1. The number of ether oxygens (including phenoxy) is 2. The van der Waals surface area contributed by atoms with Crippen LogP contribution in [0.2, 0.25) is 0 Å². The van der Waals surface area contributed by atoms with Gasteiger partial charge in [-0.3, -0.25) is 9.59 Å². The first-order valence-electron chi connectivity index (χ1n) is 11.6. The smallest absolute Gasteiger partial charge is 0.250 e. The number of ketones is 1. The van der Waals surface area contributed by atoms with Gasteiger partial charge in [-0.25, -0.2) is 0 Å². The number of carbonyl (C=O) groups excluding carboxylic acids is 2. The number of carbonyl (C=O) groups is 2. The van der Waals surface area contributed by atoms with Crippen molar-refractivity contribution in [2.24, 2.45) is 0 Å². The first-order valence-corrected chi connectivity index (χ1v) is 11.6. The van der Waals surface area contributed by atoms with Crippen LogP contribution >= 0.6 is 0 Å². The second-order valence-corrected chi connectivity index (χ2v) is 9.23. The fourth-order valence-electron chi connectivity index (χ4n) is 4.12. The summed E-state index contributed by atoms with van der Waals surface area (Å²) < 4.78 is 10.9. The van der Waals surface area contributed by atoms with Crippen molar-refractivity contribution < 1.29 is 19.1 Å². The van der Waals surface area contributed by atoms with Gasteiger partial charge in [0, 0.05) is 34.1 Å². The Kier molecular flexibility index (Phi) is 7.32. The van der Waals surface area contributed by atoms with Crippen LogP contribution in [0.15, 0.2) is 78.9 Å². The molecule has 0 saturated heterocycles. The van der Waals surface area contributed by atoms with Crippen LogP contribution in [0.25, 0.3) is 5.70 Å². The maximum absolute atomic E-state index is 13.0. The van der Waals surface area contributed by atoms with Gasteiger partial charge in [-0.2, -0.15) is 0 Å². The van der Waals surface area contributed by atoms with Crippen LogP contribution in [0, 0.1) is 0 Å². The van der Waals surface area contributed by atoms with Crippen molar-refractivity contribution >= 4 is 23.1 Å². The quantitative estimate of drug-likeness (QED) is 0.358. The molecule has 0 radical (unpaired) electrons. The standard InChI is InChI=1S/C29H30N2O4/c1-29(2)17-22-11-14-24(34-3)15-25(22)26(31-29)16-27(32)21-9-12-23(13-10-21)30-28(33)19-35-18-20-7-5-4-6-8-20/h4-16,31H,17-19H2,1-3H3,(H,30,33)/b26-16-. The van der Waals surface area contributed by atoms with E-state index >= 15 is 0 Å². The Bertz CT molecular complexity index is 1230. The van der Waals surface area contributed by atoms with Crippen LogP contribution < -0.4 is 15.4 Å². The predicted octanol–water partition coefficient (Wildman–Crippen LogP) is 5.00. The molecule has 0 atom stereocenters. The highest BCUT2D eigenvalue weighted by atomic mass is 16.5. The van der Waals surface area contributed by atoms with Crippen LogP contribution in [0.4, 0.5) is 5.69 Å². The summed E-state index contributed by atoms with van der Waals surface area (Å²) in [5.41, 5.74) is 4.88. The molecule has 0 fully saturated rings. The first-order chi connectivity index (χ1) is 16.8. The number of hydrogen-bond donors (Lipinski definition) is 2. The monoisotopic (exact) mass is 470 g/mol. The van der Waals surface area contributed by atoms with Crippen molar-refractivity contribution in [1.29, 1.82) is 0 Å². The number of amides is 1. The number of hydrogen-bond acceptors (Lipinski definition) is 5. The number of benzene rings is 3. The summed E-state index contributed by atoms with van der Waals surface area (Å²) in [6.07, 6.45) is 2.48. The maximum atomic E-state index is 13.0. The largest absolute Gasteiger partial charge is 0.497 e. The molecular weight excluding hydrogens is 440 g/mol. The van der Waals surface area contributed by atoms with E-state index in [2.05, 4.69) is 30.5 Å². The molecular formula is C29H30N2O4. The highest BCUT2D eigenvalue weighted by Crippen LogP contribution is 2.32. The lowest BCUT2D eigenvalue weighted by atomic mass is 9.85. The number of nitrogens with one attached hydrogen (secondary N) is 2. The van der Waals surface area contributed by atoms with E-state index in [-0.39, 0.29) is 23.8 Å². The molecule has 1 heterocycles. The Labute approximate surface area is 206 Å². The molecule has 0 aromatic heterocycles. The van der Waals surface area contributed by atoms with Gasteiger partial charge in [0.1, 0.15) is 12.4 Å². The van der Waals surface area contributed by atoms with Gasteiger partial charge < -0.3 is 20.1 Å². The van der Waals surface area contributed by atoms with Crippen LogP contribution in [0.3, 0.4) is 0 Å². The molecule has 3 aromatic carbocycles. The molecule has 0 aliphatic carbocycles. The zero-order valence-corrected chi connectivity index (χ0v) is 20.3. The van der Waals surface area contributed by atoms with E-state index in [1.54, 1.807) is 37.5 Å². The maximum Gasteiger partial charge on any atom is 0.250 e. The van der Waals surface area contributed by atoms with Crippen molar-refractivity contribution in [2.45, 2.75) is 32.4 Å². The summed E-state index contributed by atoms with van der Waals surface area (Å²) in [6, 6.07) is 22.5. The van der Waals surface area contributed by atoms with Gasteiger partial charge in [-0.15, -0.1) is 0 Å². The third-order valence-corrected chi connectivity index (χ3v) is 5.79. The van der Waals surface area contributed by atoms with Gasteiger partial charge in [0.05, 0.1) is 13.7 Å². The van der Waals surface area contributed by atoms with Gasteiger partial charge >= 0.3 is 0 Å². The SMILES string of the molecule is COc1ccc2c(c1)/C(=C/C(=O)c1ccc(NC(=O)COCc3ccccc3)cc1)NC(C)(C)C2. The molecule has 1 aliphatic heterocycles. The summed E-state index contributed by atoms with van der Waals surface area (Å²) in [4.78, 5) is 25.2. The number of methoxy groups -OCH3 is 1. The third-order valence-electron chi connectivity index (χ3n) is 5.79. The molecule has 6 nitrogen and oxygen atoms in total. The van der Waals surface area contributed by atoms with Crippen molar-refractivity contribution in [3.05, 3.63) is 101 Å². The van der Waals surface area contributed by atoms with E-state index < -0.39 is 0 Å². The summed E-state index contributed by atoms with van der Waals surface area (Å²) in [7, 11) is 1.63. The minimum atomic E-state index is -0.249. The van der Waals surface area contributed by atoms with Gasteiger partial charge in [0.25, 0.3) is 0 Å². The highest BCUT2D eigenvalue weighted by Gasteiger charge is 2.28. The van der Waals surface area contributed by atoms with Gasteiger partial charge in [0.15, 0.2) is 5.78 Å². The predicted molar refractivity (Wildman–Crippen MR) is 137 cm³/mol. The molecule has 4 rings (SSSR count). The number of rotatable bonds is 8. The van der Waals surface area contributed by atoms with Gasteiger partial charge in [-0.1, -0.05) is 36.4 Å². The number of anilines is 1. The zero-order chi connectivity index (χ0) is 24.8. The molecule has 0 unspecified atom stereocenters. The van der Waals surface area contributed by atoms with Crippen molar-refractivity contribution in [3.8, 4) is 5.75 Å². The fraction of sp³-hybridized carbons (Fsp3) is 0.241. The third kappa shape index (κ3) is 6.37. The molecule has 0 bridgehead atoms. The average molecular weight is 471 g/mol. The van der Waals surface area contributed by atoms with E-state index in [0.29, 0.717) is 17.9 Å². The molecule has 2 N–H and O–H groups in total. The molecule has 0 spiro atoms. The summed E-state index contributed by atoms with van der Waals surface area (Å²) in [5.74, 6) is 0.376. The minimum Gasteiger partial charge on any atom is -0.497 e. The van der Waals surface area contributed by atoms with E-state index in [1.165, 1.54) is 5.56 Å². The lowest BCUT2D eigenvalue weighted by Gasteiger charge is -2.35. The summed E-state index contributed by atoms with van der Waals surface area (Å²) in [6.45, 7) is 4.54. The lowest BCUT2D eigenvalue weighted by Crippen LogP contribution is -2.43. The second-order valence-electron chi connectivity index (χ2n) is 9.23. The molecule has 3 aromatic rings. The van der Waals surface area contributed by atoms with E-state index in [9.17, 15) is 9.59 Å². The van der Waals surface area contributed by atoms with Gasteiger partial charge in [0.2, 0.25) is 5.91 Å². The van der Waals surface area contributed by atoms with E-state index in [1.807, 2.05) is 42.5 Å². The van der Waals surface area contributed by atoms with Crippen LogP contribution in [-0.2, 0) is 22.6 Å². The van der Waals surface area contributed by atoms with Gasteiger partial charge in [-0.05, 0) is 67.8 Å². The van der Waals surface area contributed by atoms with Crippen molar-refractivity contribution in [1.82, 2.24) is 5.32 Å². The van der Waals surface area contributed by atoms with E-state index in [4.69, 9.17) is 9.47 Å². The molecule has 1 aliphatic rings. The van der Waals surface area contributed by atoms with Crippen LogP contribution in [0.1, 0.15) is 40.9 Å². The van der Waals surface area contributed by atoms with Crippen molar-refractivity contribution in [3.63, 3.8) is 0 Å². The molecule has 35 heavy (non-hydrogen) atoms. The average Bonchev–Trinajstić information content (AvgIpc) is 2.84. The Morgan fingerprint density at radius 2 is 1.77 bits per heavy atom. The van der Waals surface area contributed by atoms with Crippen LogP contribution in [0.5, 0.6) is 5.75 Å². The highest BCUT2D eigenvalue weighted by molar-refractivity contribution is 6.09. The summed E-state index contributed by atoms with van der Waals surface area (Å²) in [5, 5.41) is 6.28.